The monoisotopic (exact) mass is 529 g/mol. The maximum Gasteiger partial charge on any atom is 0.338 e. The number of fused-ring (bicyclic) bond motifs is 2. The average molecular weight is 530 g/mol. The molecule has 200 valence electrons. The fourth-order valence-electron chi connectivity index (χ4n) is 5.94. The summed E-state index contributed by atoms with van der Waals surface area (Å²) in [6.07, 6.45) is 8.04. The van der Waals surface area contributed by atoms with Crippen molar-refractivity contribution in [3.8, 4) is 17.2 Å². The molecule has 0 saturated heterocycles. The Bertz CT molecular complexity index is 1710. The third-order valence-corrected chi connectivity index (χ3v) is 8.51. The molecule has 2 aromatic carbocycles. The van der Waals surface area contributed by atoms with E-state index in [2.05, 4.69) is 17.6 Å². The molecular weight excluding hydrogens is 500 g/mol. The van der Waals surface area contributed by atoms with E-state index >= 15 is 4.39 Å². The number of anilines is 1. The lowest BCUT2D eigenvalue weighted by atomic mass is 9.90. The van der Waals surface area contributed by atoms with Crippen molar-refractivity contribution >= 4 is 11.9 Å². The van der Waals surface area contributed by atoms with Crippen LogP contribution in [0.25, 0.3) is 17.2 Å². The SMILES string of the molecule is CNc1ccc(-n2ccn(-c3c4c(nn3-c3ccc(F)c(C5CC5)c3)C3(CC3)CN[C@H]4C)c2=O)c(F)c1C=N. The number of halogens is 2. The highest BCUT2D eigenvalue weighted by Crippen LogP contribution is 2.53. The number of hydrogen-bond donors (Lipinski definition) is 3. The zero-order valence-electron chi connectivity index (χ0n) is 21.8. The van der Waals surface area contributed by atoms with Gasteiger partial charge in [-0.05, 0) is 74.4 Å². The van der Waals surface area contributed by atoms with Crippen molar-refractivity contribution < 1.29 is 8.78 Å². The van der Waals surface area contributed by atoms with Gasteiger partial charge in [0, 0.05) is 54.9 Å². The van der Waals surface area contributed by atoms with Crippen LogP contribution >= 0.6 is 0 Å². The molecule has 39 heavy (non-hydrogen) atoms. The minimum Gasteiger partial charge on any atom is -0.388 e. The van der Waals surface area contributed by atoms with Crippen LogP contribution in [0.4, 0.5) is 14.5 Å². The van der Waals surface area contributed by atoms with Crippen LogP contribution in [0.1, 0.15) is 67.0 Å². The summed E-state index contributed by atoms with van der Waals surface area (Å²) in [5.74, 6) is -0.0944. The summed E-state index contributed by atoms with van der Waals surface area (Å²) in [4.78, 5) is 13.9. The van der Waals surface area contributed by atoms with Crippen LogP contribution in [0.2, 0.25) is 0 Å². The highest BCUT2D eigenvalue weighted by Gasteiger charge is 2.52. The van der Waals surface area contributed by atoms with Gasteiger partial charge in [-0.15, -0.1) is 0 Å². The first-order valence-corrected chi connectivity index (χ1v) is 13.3. The topological polar surface area (TPSA) is 92.7 Å². The Balaban J connectivity index is 1.45. The Morgan fingerprint density at radius 1 is 1.15 bits per heavy atom. The first-order chi connectivity index (χ1) is 18.9. The van der Waals surface area contributed by atoms with Crippen molar-refractivity contribution in [1.29, 1.82) is 5.41 Å². The predicted octanol–water partition coefficient (Wildman–Crippen LogP) is 4.70. The van der Waals surface area contributed by atoms with Gasteiger partial charge in [0.15, 0.2) is 5.82 Å². The van der Waals surface area contributed by atoms with Crippen molar-refractivity contribution in [3.05, 3.63) is 87.2 Å². The van der Waals surface area contributed by atoms with Gasteiger partial charge in [0.1, 0.15) is 11.6 Å². The number of aromatic nitrogens is 4. The lowest BCUT2D eigenvalue weighted by Crippen LogP contribution is -2.36. The van der Waals surface area contributed by atoms with E-state index in [0.717, 1.165) is 49.7 Å². The van der Waals surface area contributed by atoms with Crippen LogP contribution in [0.3, 0.4) is 0 Å². The summed E-state index contributed by atoms with van der Waals surface area (Å²) in [6.45, 7) is 2.87. The Kier molecular flexibility index (Phi) is 5.22. The molecular formula is C29H29F2N7O. The maximum absolute atomic E-state index is 15.5. The molecule has 3 heterocycles. The molecule has 7 rings (SSSR count). The summed E-state index contributed by atoms with van der Waals surface area (Å²) < 4.78 is 34.7. The van der Waals surface area contributed by atoms with E-state index in [9.17, 15) is 9.18 Å². The number of nitrogens with one attached hydrogen (secondary N) is 3. The zero-order valence-corrected chi connectivity index (χ0v) is 21.8. The third-order valence-electron chi connectivity index (χ3n) is 8.51. The summed E-state index contributed by atoms with van der Waals surface area (Å²) >= 11 is 0. The average Bonchev–Trinajstić information content (AvgIpc) is 3.86. The van der Waals surface area contributed by atoms with Gasteiger partial charge in [-0.25, -0.2) is 18.3 Å². The quantitative estimate of drug-likeness (QED) is 0.316. The van der Waals surface area contributed by atoms with Gasteiger partial charge < -0.3 is 16.0 Å². The fourth-order valence-corrected chi connectivity index (χ4v) is 5.94. The van der Waals surface area contributed by atoms with E-state index in [4.69, 9.17) is 10.5 Å². The Hall–Kier alpha value is -4.05. The molecule has 1 spiro atoms. The molecule has 10 heteroatoms. The first kappa shape index (κ1) is 24.0. The highest BCUT2D eigenvalue weighted by atomic mass is 19.1. The Labute approximate surface area is 223 Å². The van der Waals surface area contributed by atoms with Crippen LogP contribution < -0.4 is 16.3 Å². The van der Waals surface area contributed by atoms with Crippen LogP contribution in [0.15, 0.2) is 47.5 Å². The van der Waals surface area contributed by atoms with Crippen molar-refractivity contribution in [2.75, 3.05) is 18.9 Å². The van der Waals surface area contributed by atoms with E-state index in [-0.39, 0.29) is 34.4 Å². The second-order valence-electron chi connectivity index (χ2n) is 10.9. The van der Waals surface area contributed by atoms with Crippen LogP contribution in [0.5, 0.6) is 0 Å². The number of benzene rings is 2. The number of hydrogen-bond acceptors (Lipinski definition) is 5. The van der Waals surface area contributed by atoms with Gasteiger partial charge in [-0.2, -0.15) is 5.10 Å². The second kappa shape index (κ2) is 8.47. The van der Waals surface area contributed by atoms with Crippen LogP contribution in [-0.2, 0) is 5.41 Å². The fraction of sp³-hybridized carbons (Fsp3) is 0.345. The summed E-state index contributed by atoms with van der Waals surface area (Å²) in [7, 11) is 1.65. The molecule has 0 bridgehead atoms. The molecule has 3 N–H and O–H groups in total. The number of rotatable bonds is 6. The van der Waals surface area contributed by atoms with Gasteiger partial charge in [0.05, 0.1) is 22.6 Å². The first-order valence-electron chi connectivity index (χ1n) is 13.3. The molecule has 3 aliphatic rings. The lowest BCUT2D eigenvalue weighted by Gasteiger charge is -2.27. The van der Waals surface area contributed by atoms with Gasteiger partial charge in [-0.1, -0.05) is 0 Å². The summed E-state index contributed by atoms with van der Waals surface area (Å²) in [5, 5.41) is 19.2. The molecule has 8 nitrogen and oxygen atoms in total. The second-order valence-corrected chi connectivity index (χ2v) is 10.9. The Morgan fingerprint density at radius 3 is 2.62 bits per heavy atom. The predicted molar refractivity (Wildman–Crippen MR) is 145 cm³/mol. The van der Waals surface area contributed by atoms with Crippen molar-refractivity contribution in [3.63, 3.8) is 0 Å². The van der Waals surface area contributed by atoms with E-state index in [1.165, 1.54) is 27.5 Å². The Morgan fingerprint density at radius 2 is 1.92 bits per heavy atom. The lowest BCUT2D eigenvalue weighted by molar-refractivity contribution is 0.459. The summed E-state index contributed by atoms with van der Waals surface area (Å²) in [5.41, 5.74) is 3.33. The van der Waals surface area contributed by atoms with E-state index in [1.807, 2.05) is 6.07 Å². The van der Waals surface area contributed by atoms with Crippen molar-refractivity contribution in [1.82, 2.24) is 24.2 Å². The van der Waals surface area contributed by atoms with Gasteiger partial charge in [0.25, 0.3) is 0 Å². The minimum atomic E-state index is -0.660. The van der Waals surface area contributed by atoms with Crippen molar-refractivity contribution in [2.24, 2.45) is 0 Å². The molecule has 2 saturated carbocycles. The standard InChI is InChI=1S/C29H29F2N7O/c1-16-24-26(29(9-10-29)15-34-16)35-38(18-5-6-21(30)19(13-18)17-3-4-17)27(24)37-12-11-36(28(37)39)23-8-7-22(33-2)20(14-32)25(23)31/h5-8,11-14,16-17,32-34H,3-4,9-10,15H2,1-2H3/t16-/m0/s1. The smallest absolute Gasteiger partial charge is 0.338 e. The molecule has 0 amide bonds. The molecule has 4 aromatic rings. The van der Waals surface area contributed by atoms with Gasteiger partial charge in [-0.3, -0.25) is 9.13 Å². The van der Waals surface area contributed by atoms with Crippen LogP contribution in [0, 0.1) is 17.0 Å². The van der Waals surface area contributed by atoms with Crippen LogP contribution in [-0.4, -0.2) is 38.7 Å². The molecule has 0 radical (unpaired) electrons. The molecule has 2 aliphatic carbocycles. The highest BCUT2D eigenvalue weighted by molar-refractivity contribution is 5.87. The molecule has 1 atom stereocenters. The van der Waals surface area contributed by atoms with E-state index in [0.29, 0.717) is 22.8 Å². The molecule has 2 aromatic heterocycles. The third kappa shape index (κ3) is 3.54. The zero-order chi connectivity index (χ0) is 27.1. The normalized spacial score (nSPS) is 19.2. The molecule has 1 aliphatic heterocycles. The molecule has 0 unspecified atom stereocenters. The number of imidazole rings is 1. The number of nitrogens with zero attached hydrogens (tertiary/aromatic N) is 4. The van der Waals surface area contributed by atoms with Crippen molar-refractivity contribution in [2.45, 2.75) is 50.0 Å². The largest absolute Gasteiger partial charge is 0.388 e. The van der Waals surface area contributed by atoms with Gasteiger partial charge in [0.2, 0.25) is 0 Å². The van der Waals surface area contributed by atoms with E-state index < -0.39 is 11.5 Å². The maximum atomic E-state index is 15.5. The molecule has 2 fully saturated rings. The summed E-state index contributed by atoms with van der Waals surface area (Å²) in [6, 6.07) is 8.14. The van der Waals surface area contributed by atoms with E-state index in [1.54, 1.807) is 30.1 Å². The minimum absolute atomic E-state index is 0.0545. The van der Waals surface area contributed by atoms with Gasteiger partial charge >= 0.3 is 5.69 Å².